The summed E-state index contributed by atoms with van der Waals surface area (Å²) >= 11 is 1.38. The van der Waals surface area contributed by atoms with Crippen LogP contribution in [0.15, 0.2) is 42.5 Å². The molecule has 8 heteroatoms. The zero-order chi connectivity index (χ0) is 17.8. The number of benzene rings is 2. The second-order valence-electron chi connectivity index (χ2n) is 5.19. The average Bonchev–Trinajstić information content (AvgIpc) is 3.02. The van der Waals surface area contributed by atoms with Gasteiger partial charge in [-0.1, -0.05) is 29.5 Å². The summed E-state index contributed by atoms with van der Waals surface area (Å²) in [7, 11) is 1.58. The largest absolute Gasteiger partial charge is 0.494 e. The Hall–Kier alpha value is -3.13. The van der Waals surface area contributed by atoms with Crippen molar-refractivity contribution in [3.05, 3.63) is 53.6 Å². The molecular formula is C17H16N4O3S. The number of methoxy groups -OCH3 is 1. The Bertz CT molecular complexity index is 921. The van der Waals surface area contributed by atoms with Crippen LogP contribution in [0.4, 0.5) is 9.93 Å². The number of rotatable bonds is 5. The first kappa shape index (κ1) is 16.7. The van der Waals surface area contributed by atoms with Gasteiger partial charge in [-0.15, -0.1) is 0 Å². The van der Waals surface area contributed by atoms with Gasteiger partial charge >= 0.3 is 6.03 Å². The number of ether oxygens (including phenoxy) is 1. The van der Waals surface area contributed by atoms with E-state index in [9.17, 15) is 9.59 Å². The van der Waals surface area contributed by atoms with Crippen molar-refractivity contribution in [2.45, 2.75) is 6.54 Å². The monoisotopic (exact) mass is 356 g/mol. The number of para-hydroxylation sites is 1. The van der Waals surface area contributed by atoms with E-state index in [1.165, 1.54) is 11.3 Å². The molecule has 128 valence electrons. The van der Waals surface area contributed by atoms with Crippen LogP contribution in [-0.4, -0.2) is 24.0 Å². The molecule has 0 atom stereocenters. The molecule has 7 nitrogen and oxygen atoms in total. The summed E-state index contributed by atoms with van der Waals surface area (Å²) in [4.78, 5) is 27.5. The fourth-order valence-electron chi connectivity index (χ4n) is 2.27. The first-order valence-electron chi connectivity index (χ1n) is 7.44. The summed E-state index contributed by atoms with van der Waals surface area (Å²) < 4.78 is 6.21. The summed E-state index contributed by atoms with van der Waals surface area (Å²) in [6.45, 7) is 0.314. The van der Waals surface area contributed by atoms with E-state index >= 15 is 0 Å². The van der Waals surface area contributed by atoms with E-state index in [-0.39, 0.29) is 5.91 Å². The molecule has 2 aromatic carbocycles. The Morgan fingerprint density at radius 2 is 1.96 bits per heavy atom. The van der Waals surface area contributed by atoms with Gasteiger partial charge in [-0.2, -0.15) is 0 Å². The number of thiazole rings is 1. The summed E-state index contributed by atoms with van der Waals surface area (Å²) in [5.74, 6) is 0.410. The molecule has 1 heterocycles. The van der Waals surface area contributed by atoms with Crippen LogP contribution in [0.1, 0.15) is 15.9 Å². The smallest absolute Gasteiger partial charge is 0.312 e. The minimum atomic E-state index is -0.590. The number of fused-ring (bicyclic) bond motifs is 1. The van der Waals surface area contributed by atoms with Gasteiger partial charge in [0, 0.05) is 12.1 Å². The number of primary amides is 1. The van der Waals surface area contributed by atoms with E-state index in [4.69, 9.17) is 10.5 Å². The van der Waals surface area contributed by atoms with Crippen molar-refractivity contribution < 1.29 is 14.3 Å². The van der Waals surface area contributed by atoms with Crippen molar-refractivity contribution in [2.24, 2.45) is 5.73 Å². The third kappa shape index (κ3) is 3.86. The highest BCUT2D eigenvalue weighted by atomic mass is 32.1. The van der Waals surface area contributed by atoms with Crippen LogP contribution in [0.5, 0.6) is 5.75 Å². The van der Waals surface area contributed by atoms with E-state index in [0.717, 1.165) is 15.8 Å². The van der Waals surface area contributed by atoms with Gasteiger partial charge in [0.2, 0.25) is 0 Å². The lowest BCUT2D eigenvalue weighted by molar-refractivity contribution is 0.102. The maximum Gasteiger partial charge on any atom is 0.312 e. The van der Waals surface area contributed by atoms with Crippen LogP contribution in [0.2, 0.25) is 0 Å². The number of urea groups is 1. The van der Waals surface area contributed by atoms with Crippen LogP contribution in [0.3, 0.4) is 0 Å². The molecule has 3 rings (SSSR count). The molecule has 0 saturated heterocycles. The van der Waals surface area contributed by atoms with E-state index in [1.54, 1.807) is 31.4 Å². The summed E-state index contributed by atoms with van der Waals surface area (Å²) in [6.07, 6.45) is 0. The SMILES string of the molecule is COc1cccc2sc(NC(=O)c3ccc(CNC(N)=O)cc3)nc12. The van der Waals surface area contributed by atoms with Crippen molar-refractivity contribution >= 4 is 38.6 Å². The van der Waals surface area contributed by atoms with Crippen molar-refractivity contribution in [1.82, 2.24) is 10.3 Å². The maximum absolute atomic E-state index is 12.4. The van der Waals surface area contributed by atoms with Gasteiger partial charge in [-0.25, -0.2) is 9.78 Å². The van der Waals surface area contributed by atoms with Gasteiger partial charge in [-0.3, -0.25) is 10.1 Å². The first-order valence-corrected chi connectivity index (χ1v) is 8.25. The third-order valence-corrected chi connectivity index (χ3v) is 4.44. The second-order valence-corrected chi connectivity index (χ2v) is 6.23. The van der Waals surface area contributed by atoms with Crippen LogP contribution in [-0.2, 0) is 6.54 Å². The molecule has 0 saturated carbocycles. The number of carbonyl (C=O) groups is 2. The first-order chi connectivity index (χ1) is 12.1. The van der Waals surface area contributed by atoms with Crippen LogP contribution in [0, 0.1) is 0 Å². The van der Waals surface area contributed by atoms with Gasteiger partial charge in [0.1, 0.15) is 11.3 Å². The lowest BCUT2D eigenvalue weighted by atomic mass is 10.1. The molecule has 0 fully saturated rings. The third-order valence-electron chi connectivity index (χ3n) is 3.51. The zero-order valence-corrected chi connectivity index (χ0v) is 14.2. The number of amides is 3. The van der Waals surface area contributed by atoms with E-state index in [1.807, 2.05) is 18.2 Å². The number of nitrogens with zero attached hydrogens (tertiary/aromatic N) is 1. The summed E-state index contributed by atoms with van der Waals surface area (Å²) in [5.41, 5.74) is 7.09. The van der Waals surface area contributed by atoms with Crippen LogP contribution >= 0.6 is 11.3 Å². The topological polar surface area (TPSA) is 106 Å². The zero-order valence-electron chi connectivity index (χ0n) is 13.4. The molecule has 0 radical (unpaired) electrons. The number of hydrogen-bond acceptors (Lipinski definition) is 5. The highest BCUT2D eigenvalue weighted by Gasteiger charge is 2.12. The molecule has 25 heavy (non-hydrogen) atoms. The summed E-state index contributed by atoms with van der Waals surface area (Å²) in [5, 5.41) is 5.79. The highest BCUT2D eigenvalue weighted by molar-refractivity contribution is 7.22. The minimum Gasteiger partial charge on any atom is -0.494 e. The molecule has 1 aromatic heterocycles. The van der Waals surface area contributed by atoms with Gasteiger partial charge < -0.3 is 15.8 Å². The molecule has 0 aliphatic rings. The number of anilines is 1. The van der Waals surface area contributed by atoms with Gasteiger partial charge in [0.05, 0.1) is 11.8 Å². The predicted molar refractivity (Wildman–Crippen MR) is 97.0 cm³/mol. The lowest BCUT2D eigenvalue weighted by Crippen LogP contribution is -2.28. The molecule has 0 bridgehead atoms. The molecule has 4 N–H and O–H groups in total. The number of carbonyl (C=O) groups excluding carboxylic acids is 2. The van der Waals surface area contributed by atoms with E-state index in [2.05, 4.69) is 15.6 Å². The van der Waals surface area contributed by atoms with Crippen LogP contribution < -0.4 is 21.1 Å². The van der Waals surface area contributed by atoms with Gasteiger partial charge in [0.15, 0.2) is 5.13 Å². The second kappa shape index (κ2) is 7.18. The normalized spacial score (nSPS) is 10.4. The summed E-state index contributed by atoms with van der Waals surface area (Å²) in [6, 6.07) is 11.9. The van der Waals surface area contributed by atoms with Gasteiger partial charge in [-0.05, 0) is 29.8 Å². The predicted octanol–water partition coefficient (Wildman–Crippen LogP) is 2.73. The highest BCUT2D eigenvalue weighted by Crippen LogP contribution is 2.32. The van der Waals surface area contributed by atoms with E-state index < -0.39 is 6.03 Å². The molecular weight excluding hydrogens is 340 g/mol. The number of nitrogens with one attached hydrogen (secondary N) is 2. The fraction of sp³-hybridized carbons (Fsp3) is 0.118. The Balaban J connectivity index is 1.72. The molecule has 0 aliphatic carbocycles. The molecule has 3 aromatic rings. The van der Waals surface area contributed by atoms with Gasteiger partial charge in [0.25, 0.3) is 5.91 Å². The standard InChI is InChI=1S/C17H16N4O3S/c1-24-12-3-2-4-13-14(12)20-17(25-13)21-15(22)11-7-5-10(6-8-11)9-19-16(18)23/h2-8H,9H2,1H3,(H3,18,19,23)(H,20,21,22). The lowest BCUT2D eigenvalue weighted by Gasteiger charge is -2.04. The van der Waals surface area contributed by atoms with Crippen molar-refractivity contribution in [2.75, 3.05) is 12.4 Å². The Kier molecular flexibility index (Phi) is 4.80. The minimum absolute atomic E-state index is 0.257. The number of hydrogen-bond donors (Lipinski definition) is 3. The van der Waals surface area contributed by atoms with Crippen molar-refractivity contribution in [3.8, 4) is 5.75 Å². The fourth-order valence-corrected chi connectivity index (χ4v) is 3.15. The average molecular weight is 356 g/mol. The Morgan fingerprint density at radius 1 is 1.20 bits per heavy atom. The number of nitrogens with two attached hydrogens (primary N) is 1. The quantitative estimate of drug-likeness (QED) is 0.653. The Morgan fingerprint density at radius 3 is 2.64 bits per heavy atom. The molecule has 0 spiro atoms. The Labute approximate surface area is 147 Å². The van der Waals surface area contributed by atoms with Crippen molar-refractivity contribution in [1.29, 1.82) is 0 Å². The van der Waals surface area contributed by atoms with Crippen LogP contribution in [0.25, 0.3) is 10.2 Å². The maximum atomic E-state index is 12.4. The molecule has 0 aliphatic heterocycles. The molecule has 0 unspecified atom stereocenters. The number of aromatic nitrogens is 1. The van der Waals surface area contributed by atoms with E-state index in [0.29, 0.717) is 23.0 Å². The molecule has 3 amide bonds. The van der Waals surface area contributed by atoms with Crippen molar-refractivity contribution in [3.63, 3.8) is 0 Å².